The molecule has 3 aromatic carbocycles. The fourth-order valence-corrected chi connectivity index (χ4v) is 4.41. The Balaban J connectivity index is 1.95. The molecule has 0 aliphatic carbocycles. The van der Waals surface area contributed by atoms with Crippen molar-refractivity contribution in [2.24, 2.45) is 0 Å². The number of phenols is 2. The maximum Gasteiger partial charge on any atom is 0.203 e. The van der Waals surface area contributed by atoms with Gasteiger partial charge in [0.05, 0.1) is 27.9 Å². The van der Waals surface area contributed by atoms with Crippen LogP contribution in [0.2, 0.25) is 0 Å². The number of aromatic hydroxyl groups is 2. The zero-order valence-corrected chi connectivity index (χ0v) is 18.6. The summed E-state index contributed by atoms with van der Waals surface area (Å²) in [5, 5.41) is 19.8. The van der Waals surface area contributed by atoms with E-state index in [1.54, 1.807) is 25.1 Å². The van der Waals surface area contributed by atoms with Gasteiger partial charge in [0.15, 0.2) is 28.9 Å². The van der Waals surface area contributed by atoms with E-state index in [0.29, 0.717) is 39.7 Å². The molecule has 0 amide bonds. The fourth-order valence-electron chi connectivity index (χ4n) is 4.41. The van der Waals surface area contributed by atoms with E-state index < -0.39 is 29.2 Å². The molecule has 0 saturated heterocycles. The first-order chi connectivity index (χ1) is 15.8. The van der Waals surface area contributed by atoms with Crippen LogP contribution < -0.4 is 18.9 Å². The van der Waals surface area contributed by atoms with Gasteiger partial charge in [0.2, 0.25) is 5.75 Å². The minimum Gasteiger partial charge on any atom is -0.508 e. The summed E-state index contributed by atoms with van der Waals surface area (Å²) in [6.45, 7) is 1.87. The van der Waals surface area contributed by atoms with Crippen LogP contribution in [0.4, 0.5) is 8.78 Å². The minimum absolute atomic E-state index is 0.0572. The van der Waals surface area contributed by atoms with Crippen molar-refractivity contribution in [1.82, 2.24) is 0 Å². The van der Waals surface area contributed by atoms with Gasteiger partial charge >= 0.3 is 0 Å². The number of ether oxygens (including phenoxy) is 4. The molecule has 0 spiro atoms. The monoisotopic (exact) mass is 458 g/mol. The number of rotatable bonds is 5. The predicted molar refractivity (Wildman–Crippen MR) is 117 cm³/mol. The van der Waals surface area contributed by atoms with Gasteiger partial charge in [-0.2, -0.15) is 0 Å². The lowest BCUT2D eigenvalue weighted by molar-refractivity contribution is 0.244. The zero-order chi connectivity index (χ0) is 23.9. The van der Waals surface area contributed by atoms with Crippen LogP contribution in [-0.4, -0.2) is 38.1 Å². The van der Waals surface area contributed by atoms with Crippen molar-refractivity contribution in [2.45, 2.75) is 18.8 Å². The van der Waals surface area contributed by atoms with Crippen LogP contribution in [-0.2, 0) is 0 Å². The van der Waals surface area contributed by atoms with Gasteiger partial charge in [-0.25, -0.2) is 8.78 Å². The molecule has 8 heteroatoms. The van der Waals surface area contributed by atoms with Crippen LogP contribution in [0.3, 0.4) is 0 Å². The number of hydrogen-bond acceptors (Lipinski definition) is 6. The Morgan fingerprint density at radius 2 is 1.48 bits per heavy atom. The predicted octanol–water partition coefficient (Wildman–Crippen LogP) is 5.02. The molecule has 3 aromatic rings. The van der Waals surface area contributed by atoms with Gasteiger partial charge in [0, 0.05) is 23.0 Å². The van der Waals surface area contributed by atoms with E-state index >= 15 is 0 Å². The van der Waals surface area contributed by atoms with Crippen LogP contribution in [0.25, 0.3) is 0 Å². The third-order valence-corrected chi connectivity index (χ3v) is 6.07. The Kier molecular flexibility index (Phi) is 5.93. The molecule has 0 aromatic heterocycles. The number of fused-ring (bicyclic) bond motifs is 1. The first kappa shape index (κ1) is 22.5. The minimum atomic E-state index is -1.06. The fraction of sp³-hybridized carbons (Fsp3) is 0.280. The highest BCUT2D eigenvalue weighted by atomic mass is 19.1. The number of hydrogen-bond donors (Lipinski definition) is 2. The van der Waals surface area contributed by atoms with Crippen molar-refractivity contribution in [3.8, 4) is 34.5 Å². The first-order valence-corrected chi connectivity index (χ1v) is 10.2. The van der Waals surface area contributed by atoms with Gasteiger partial charge in [0.25, 0.3) is 0 Å². The molecule has 0 bridgehead atoms. The largest absolute Gasteiger partial charge is 0.508 e. The van der Waals surface area contributed by atoms with Gasteiger partial charge in [-0.05, 0) is 48.4 Å². The Bertz CT molecular complexity index is 1160. The van der Waals surface area contributed by atoms with Crippen molar-refractivity contribution >= 4 is 0 Å². The molecule has 1 aliphatic rings. The molecular weight excluding hydrogens is 434 g/mol. The third kappa shape index (κ3) is 3.75. The van der Waals surface area contributed by atoms with E-state index in [1.165, 1.54) is 27.4 Å². The zero-order valence-electron chi connectivity index (χ0n) is 18.6. The Hall–Kier alpha value is -3.68. The normalized spacial score (nSPS) is 17.2. The lowest BCUT2D eigenvalue weighted by Crippen LogP contribution is -2.26. The molecule has 1 aliphatic heterocycles. The summed E-state index contributed by atoms with van der Waals surface area (Å²) in [5.74, 6) is -2.31. The molecule has 0 saturated carbocycles. The summed E-state index contributed by atoms with van der Waals surface area (Å²) < 4.78 is 51.1. The second-order valence-corrected chi connectivity index (χ2v) is 7.82. The lowest BCUT2D eigenvalue weighted by Gasteiger charge is -2.35. The highest BCUT2D eigenvalue weighted by molar-refractivity contribution is 5.59. The average molecular weight is 458 g/mol. The quantitative estimate of drug-likeness (QED) is 0.559. The standard InChI is InChI=1S/C25H24F2O6/c1-12-19(28)6-5-15-22(14-7-17(26)23(29)18(27)8-14)16(11-33-24(12)15)13-9-20(30-2)25(32-4)21(10-13)31-3/h5-10,16,22,28-29H,11H2,1-4H3. The third-order valence-electron chi connectivity index (χ3n) is 6.07. The Morgan fingerprint density at radius 3 is 2.03 bits per heavy atom. The summed E-state index contributed by atoms with van der Waals surface area (Å²) in [6, 6.07) is 8.97. The molecule has 33 heavy (non-hydrogen) atoms. The number of halogens is 2. The SMILES string of the molecule is COc1cc(C2COc3c(ccc(O)c3C)C2c2cc(F)c(O)c(F)c2)cc(OC)c1OC. The molecular formula is C25H24F2O6. The molecule has 2 unspecified atom stereocenters. The summed E-state index contributed by atoms with van der Waals surface area (Å²) in [4.78, 5) is 0. The van der Waals surface area contributed by atoms with Crippen LogP contribution in [0.15, 0.2) is 36.4 Å². The van der Waals surface area contributed by atoms with Gasteiger partial charge in [-0.15, -0.1) is 0 Å². The van der Waals surface area contributed by atoms with Crippen molar-refractivity contribution in [3.05, 3.63) is 70.3 Å². The van der Waals surface area contributed by atoms with Gasteiger partial charge in [-0.1, -0.05) is 6.07 Å². The van der Waals surface area contributed by atoms with Crippen LogP contribution >= 0.6 is 0 Å². The average Bonchev–Trinajstić information content (AvgIpc) is 2.82. The Labute approximate surface area is 189 Å². The number of methoxy groups -OCH3 is 3. The molecule has 1 heterocycles. The topological polar surface area (TPSA) is 77.4 Å². The summed E-state index contributed by atoms with van der Waals surface area (Å²) in [5.41, 5.74) is 2.23. The lowest BCUT2D eigenvalue weighted by atomic mass is 9.75. The van der Waals surface area contributed by atoms with E-state index in [0.717, 1.165) is 17.7 Å². The molecule has 4 rings (SSSR count). The van der Waals surface area contributed by atoms with Crippen molar-refractivity contribution in [3.63, 3.8) is 0 Å². The van der Waals surface area contributed by atoms with E-state index in [1.807, 2.05) is 0 Å². The van der Waals surface area contributed by atoms with Gasteiger partial charge in [-0.3, -0.25) is 0 Å². The van der Waals surface area contributed by atoms with E-state index in [2.05, 4.69) is 0 Å². The maximum absolute atomic E-state index is 14.4. The molecule has 6 nitrogen and oxygen atoms in total. The van der Waals surface area contributed by atoms with E-state index in [-0.39, 0.29) is 12.4 Å². The first-order valence-electron chi connectivity index (χ1n) is 10.2. The highest BCUT2D eigenvalue weighted by Gasteiger charge is 2.36. The second-order valence-electron chi connectivity index (χ2n) is 7.82. The van der Waals surface area contributed by atoms with Gasteiger partial charge < -0.3 is 29.2 Å². The summed E-state index contributed by atoms with van der Waals surface area (Å²) in [6.07, 6.45) is 0. The molecule has 174 valence electrons. The van der Waals surface area contributed by atoms with Crippen molar-refractivity contribution in [1.29, 1.82) is 0 Å². The van der Waals surface area contributed by atoms with Crippen LogP contribution in [0, 0.1) is 18.6 Å². The van der Waals surface area contributed by atoms with E-state index in [4.69, 9.17) is 18.9 Å². The highest BCUT2D eigenvalue weighted by Crippen LogP contribution is 2.51. The summed E-state index contributed by atoms with van der Waals surface area (Å²) >= 11 is 0. The molecule has 2 atom stereocenters. The smallest absolute Gasteiger partial charge is 0.203 e. The van der Waals surface area contributed by atoms with Crippen molar-refractivity contribution in [2.75, 3.05) is 27.9 Å². The van der Waals surface area contributed by atoms with Gasteiger partial charge in [0.1, 0.15) is 11.5 Å². The Morgan fingerprint density at radius 1 is 0.879 bits per heavy atom. The maximum atomic E-state index is 14.4. The second kappa shape index (κ2) is 8.69. The molecule has 2 N–H and O–H groups in total. The molecule has 0 fully saturated rings. The number of phenolic OH excluding ortho intramolecular Hbond substituents is 2. The van der Waals surface area contributed by atoms with E-state index in [9.17, 15) is 19.0 Å². The van der Waals surface area contributed by atoms with Crippen LogP contribution in [0.5, 0.6) is 34.5 Å². The van der Waals surface area contributed by atoms with Crippen LogP contribution in [0.1, 0.15) is 34.1 Å². The van der Waals surface area contributed by atoms with Crippen molar-refractivity contribution < 1.29 is 37.9 Å². The summed E-state index contributed by atoms with van der Waals surface area (Å²) in [7, 11) is 4.50. The number of benzene rings is 3. The molecule has 0 radical (unpaired) electrons.